The first-order valence-corrected chi connectivity index (χ1v) is 7.81. The first-order chi connectivity index (χ1) is 10.2. The van der Waals surface area contributed by atoms with Gasteiger partial charge in [-0.1, -0.05) is 49.6 Å². The van der Waals surface area contributed by atoms with Gasteiger partial charge in [0.25, 0.3) is 0 Å². The highest BCUT2D eigenvalue weighted by Gasteiger charge is 2.28. The second-order valence-electron chi connectivity index (χ2n) is 6.17. The molecule has 1 aliphatic carbocycles. The smallest absolute Gasteiger partial charge is 0.120 e. The van der Waals surface area contributed by atoms with Crippen molar-refractivity contribution in [2.75, 3.05) is 6.54 Å². The van der Waals surface area contributed by atoms with E-state index in [1.165, 1.54) is 6.42 Å². The summed E-state index contributed by atoms with van der Waals surface area (Å²) in [5.41, 5.74) is 0.339. The molecule has 1 fully saturated rings. The number of aromatic hydroxyl groups is 1. The highest BCUT2D eigenvalue weighted by atomic mass is 16.3. The van der Waals surface area contributed by atoms with Crippen molar-refractivity contribution in [3.8, 4) is 5.75 Å². The van der Waals surface area contributed by atoms with Gasteiger partial charge in [0.05, 0.1) is 5.60 Å². The fourth-order valence-electron chi connectivity index (χ4n) is 3.32. The van der Waals surface area contributed by atoms with E-state index in [1.807, 2.05) is 30.3 Å². The summed E-state index contributed by atoms with van der Waals surface area (Å²) in [7, 11) is 0. The summed E-state index contributed by atoms with van der Waals surface area (Å²) in [5, 5.41) is 26.1. The molecule has 0 radical (unpaired) electrons. The van der Waals surface area contributed by atoms with Crippen LogP contribution in [0.15, 0.2) is 36.4 Å². The quantitative estimate of drug-likeness (QED) is 0.807. The second kappa shape index (κ2) is 6.04. The molecule has 3 heteroatoms. The van der Waals surface area contributed by atoms with Crippen molar-refractivity contribution in [1.82, 2.24) is 5.32 Å². The number of hydrogen-bond acceptors (Lipinski definition) is 3. The maximum absolute atomic E-state index is 10.5. The van der Waals surface area contributed by atoms with Crippen LogP contribution in [0.3, 0.4) is 0 Å². The minimum absolute atomic E-state index is 0.317. The molecule has 1 aliphatic rings. The van der Waals surface area contributed by atoms with Crippen LogP contribution in [0.5, 0.6) is 5.75 Å². The molecule has 0 aromatic heterocycles. The molecule has 0 heterocycles. The monoisotopic (exact) mass is 285 g/mol. The molecule has 3 nitrogen and oxygen atoms in total. The largest absolute Gasteiger partial charge is 0.508 e. The summed E-state index contributed by atoms with van der Waals surface area (Å²) in [5.74, 6) is 0.317. The van der Waals surface area contributed by atoms with E-state index in [1.54, 1.807) is 6.07 Å². The lowest BCUT2D eigenvalue weighted by Crippen LogP contribution is -2.41. The summed E-state index contributed by atoms with van der Waals surface area (Å²) in [6.45, 7) is 1.17. The van der Waals surface area contributed by atoms with Crippen LogP contribution < -0.4 is 5.32 Å². The van der Waals surface area contributed by atoms with E-state index in [2.05, 4.69) is 5.32 Å². The predicted molar refractivity (Wildman–Crippen MR) is 85.4 cm³/mol. The SMILES string of the molecule is Oc1ccc2ccccc2c1CNCC1(O)CCCCC1. The van der Waals surface area contributed by atoms with Gasteiger partial charge in [0, 0.05) is 18.7 Å². The maximum atomic E-state index is 10.5. The van der Waals surface area contributed by atoms with Gasteiger partial charge in [0.1, 0.15) is 5.75 Å². The van der Waals surface area contributed by atoms with Crippen LogP contribution in [0.2, 0.25) is 0 Å². The lowest BCUT2D eigenvalue weighted by Gasteiger charge is -2.32. The third-order valence-corrected chi connectivity index (χ3v) is 4.56. The summed E-state index contributed by atoms with van der Waals surface area (Å²) < 4.78 is 0. The summed E-state index contributed by atoms with van der Waals surface area (Å²) in [6, 6.07) is 11.7. The Kier molecular flexibility index (Phi) is 4.13. The van der Waals surface area contributed by atoms with Crippen molar-refractivity contribution in [2.45, 2.75) is 44.2 Å². The molecular weight excluding hydrogens is 262 g/mol. The van der Waals surface area contributed by atoms with Crippen molar-refractivity contribution in [1.29, 1.82) is 0 Å². The van der Waals surface area contributed by atoms with Gasteiger partial charge in [-0.05, 0) is 29.7 Å². The van der Waals surface area contributed by atoms with E-state index in [0.717, 1.165) is 42.0 Å². The normalized spacial score (nSPS) is 18.0. The summed E-state index contributed by atoms with van der Waals surface area (Å²) in [6.07, 6.45) is 5.20. The van der Waals surface area contributed by atoms with E-state index >= 15 is 0 Å². The average Bonchev–Trinajstić information content (AvgIpc) is 2.50. The maximum Gasteiger partial charge on any atom is 0.120 e. The predicted octanol–water partition coefficient (Wildman–Crippen LogP) is 3.33. The van der Waals surface area contributed by atoms with Crippen molar-refractivity contribution in [2.24, 2.45) is 0 Å². The number of rotatable bonds is 4. The van der Waals surface area contributed by atoms with Crippen LogP contribution in [0.25, 0.3) is 10.8 Å². The molecule has 0 amide bonds. The fourth-order valence-corrected chi connectivity index (χ4v) is 3.32. The molecule has 0 aliphatic heterocycles. The molecule has 0 saturated heterocycles. The van der Waals surface area contributed by atoms with Crippen molar-refractivity contribution >= 4 is 10.8 Å². The highest BCUT2D eigenvalue weighted by Crippen LogP contribution is 2.29. The first kappa shape index (κ1) is 14.4. The molecule has 3 N–H and O–H groups in total. The van der Waals surface area contributed by atoms with Crippen LogP contribution >= 0.6 is 0 Å². The van der Waals surface area contributed by atoms with Gasteiger partial charge in [-0.3, -0.25) is 0 Å². The molecule has 2 aromatic carbocycles. The van der Waals surface area contributed by atoms with E-state index in [0.29, 0.717) is 18.8 Å². The first-order valence-electron chi connectivity index (χ1n) is 7.81. The highest BCUT2D eigenvalue weighted by molar-refractivity contribution is 5.87. The van der Waals surface area contributed by atoms with Gasteiger partial charge >= 0.3 is 0 Å². The summed E-state index contributed by atoms with van der Waals surface area (Å²) >= 11 is 0. The molecule has 2 aromatic rings. The average molecular weight is 285 g/mol. The number of phenolic OH excluding ortho intramolecular Hbond substituents is 1. The van der Waals surface area contributed by atoms with Crippen LogP contribution in [0.4, 0.5) is 0 Å². The Hall–Kier alpha value is -1.58. The zero-order chi connectivity index (χ0) is 14.7. The third kappa shape index (κ3) is 3.20. The minimum Gasteiger partial charge on any atom is -0.508 e. The standard InChI is InChI=1S/C18H23NO2/c20-17-9-8-14-6-2-3-7-15(14)16(17)12-19-13-18(21)10-4-1-5-11-18/h2-3,6-9,19-21H,1,4-5,10-13H2. The lowest BCUT2D eigenvalue weighted by atomic mass is 9.85. The molecule has 3 rings (SSSR count). The Labute approximate surface area is 125 Å². The van der Waals surface area contributed by atoms with Crippen molar-refractivity contribution in [3.63, 3.8) is 0 Å². The van der Waals surface area contributed by atoms with Gasteiger partial charge < -0.3 is 15.5 Å². The second-order valence-corrected chi connectivity index (χ2v) is 6.17. The number of benzene rings is 2. The Morgan fingerprint density at radius 1 is 1.00 bits per heavy atom. The lowest BCUT2D eigenvalue weighted by molar-refractivity contribution is 0.00466. The van der Waals surface area contributed by atoms with E-state index in [-0.39, 0.29) is 0 Å². The molecular formula is C18H23NO2. The molecule has 1 saturated carbocycles. The Morgan fingerprint density at radius 3 is 2.57 bits per heavy atom. The number of phenols is 1. The number of nitrogens with one attached hydrogen (secondary N) is 1. The molecule has 0 spiro atoms. The van der Waals surface area contributed by atoms with Crippen LogP contribution in [0.1, 0.15) is 37.7 Å². The van der Waals surface area contributed by atoms with E-state index < -0.39 is 5.60 Å². The fraction of sp³-hybridized carbons (Fsp3) is 0.444. The van der Waals surface area contributed by atoms with Crippen LogP contribution in [-0.2, 0) is 6.54 Å². The van der Waals surface area contributed by atoms with Gasteiger partial charge in [0.15, 0.2) is 0 Å². The van der Waals surface area contributed by atoms with Crippen LogP contribution in [0, 0.1) is 0 Å². The zero-order valence-electron chi connectivity index (χ0n) is 12.3. The number of aliphatic hydroxyl groups is 1. The van der Waals surface area contributed by atoms with Crippen molar-refractivity contribution in [3.05, 3.63) is 42.0 Å². The zero-order valence-corrected chi connectivity index (χ0v) is 12.3. The minimum atomic E-state index is -0.571. The molecule has 112 valence electrons. The van der Waals surface area contributed by atoms with E-state index in [4.69, 9.17) is 0 Å². The van der Waals surface area contributed by atoms with Crippen LogP contribution in [-0.4, -0.2) is 22.4 Å². The van der Waals surface area contributed by atoms with Gasteiger partial charge in [0.2, 0.25) is 0 Å². The van der Waals surface area contributed by atoms with Crippen molar-refractivity contribution < 1.29 is 10.2 Å². The summed E-state index contributed by atoms with van der Waals surface area (Å²) in [4.78, 5) is 0. The van der Waals surface area contributed by atoms with Gasteiger partial charge in [-0.15, -0.1) is 0 Å². The van der Waals surface area contributed by atoms with Gasteiger partial charge in [-0.25, -0.2) is 0 Å². The molecule has 0 unspecified atom stereocenters. The Bertz CT molecular complexity index is 618. The number of hydrogen-bond donors (Lipinski definition) is 3. The third-order valence-electron chi connectivity index (χ3n) is 4.56. The van der Waals surface area contributed by atoms with Gasteiger partial charge in [-0.2, -0.15) is 0 Å². The van der Waals surface area contributed by atoms with E-state index in [9.17, 15) is 10.2 Å². The topological polar surface area (TPSA) is 52.5 Å². The Balaban J connectivity index is 1.72. The number of fused-ring (bicyclic) bond motifs is 1. The Morgan fingerprint density at radius 2 is 1.76 bits per heavy atom. The molecule has 0 bridgehead atoms. The molecule has 0 atom stereocenters. The molecule has 21 heavy (non-hydrogen) atoms.